The second kappa shape index (κ2) is 6.71. The van der Waals surface area contributed by atoms with E-state index in [1.807, 2.05) is 32.8 Å². The molecule has 0 saturated carbocycles. The van der Waals surface area contributed by atoms with Gasteiger partial charge >= 0.3 is 6.16 Å². The van der Waals surface area contributed by atoms with Gasteiger partial charge in [-0.05, 0) is 20.0 Å². The van der Waals surface area contributed by atoms with Crippen molar-refractivity contribution in [3.8, 4) is 0 Å². The Labute approximate surface area is 79.8 Å². The van der Waals surface area contributed by atoms with Crippen LogP contribution in [0.5, 0.6) is 0 Å². The predicted octanol–water partition coefficient (Wildman–Crippen LogP) is 1.36. The molecule has 0 aliphatic rings. The van der Waals surface area contributed by atoms with Crippen LogP contribution in [-0.2, 0) is 9.47 Å². The fraction of sp³-hybridized carbons (Fsp3) is 0.889. The van der Waals surface area contributed by atoms with E-state index in [2.05, 4.69) is 0 Å². The molecule has 0 rings (SSSR count). The highest BCUT2D eigenvalue weighted by Crippen LogP contribution is 1.94. The number of carbonyl (C=O) groups excluding carboxylic acids is 1. The van der Waals surface area contributed by atoms with E-state index in [0.717, 1.165) is 6.54 Å². The number of ether oxygens (including phenoxy) is 2. The molecular formula is C9H19NO3. The minimum atomic E-state index is -0.574. The molecule has 4 nitrogen and oxygen atoms in total. The lowest BCUT2D eigenvalue weighted by Crippen LogP contribution is -2.21. The van der Waals surface area contributed by atoms with Crippen LogP contribution in [0.3, 0.4) is 0 Å². The van der Waals surface area contributed by atoms with E-state index in [0.29, 0.717) is 19.1 Å². The Hall–Kier alpha value is -0.770. The van der Waals surface area contributed by atoms with Crippen molar-refractivity contribution in [2.45, 2.75) is 13.8 Å². The van der Waals surface area contributed by atoms with Crippen LogP contribution >= 0.6 is 0 Å². The molecule has 0 saturated heterocycles. The molecule has 4 heteroatoms. The van der Waals surface area contributed by atoms with Crippen LogP contribution in [0.15, 0.2) is 0 Å². The number of carbonyl (C=O) groups is 1. The van der Waals surface area contributed by atoms with E-state index in [-0.39, 0.29) is 0 Å². The standard InChI is InChI=1S/C9H19NO3/c1-8(2)7-13-9(11)12-6-5-10(3)4/h8H,5-7H2,1-4H3. The molecule has 0 aromatic rings. The Morgan fingerprint density at radius 3 is 2.38 bits per heavy atom. The molecule has 0 heterocycles. The predicted molar refractivity (Wildman–Crippen MR) is 50.7 cm³/mol. The van der Waals surface area contributed by atoms with Gasteiger partial charge in [0.1, 0.15) is 6.61 Å². The highest BCUT2D eigenvalue weighted by Gasteiger charge is 2.04. The maximum Gasteiger partial charge on any atom is 0.508 e. The molecule has 0 amide bonds. The third-order valence-corrected chi connectivity index (χ3v) is 1.29. The van der Waals surface area contributed by atoms with Crippen molar-refractivity contribution in [1.82, 2.24) is 4.90 Å². The fourth-order valence-electron chi connectivity index (χ4n) is 0.588. The van der Waals surface area contributed by atoms with E-state index in [1.54, 1.807) is 0 Å². The van der Waals surface area contributed by atoms with Crippen LogP contribution < -0.4 is 0 Å². The zero-order valence-electron chi connectivity index (χ0n) is 8.87. The van der Waals surface area contributed by atoms with Gasteiger partial charge in [0, 0.05) is 6.54 Å². The van der Waals surface area contributed by atoms with Crippen molar-refractivity contribution in [2.75, 3.05) is 33.9 Å². The zero-order chi connectivity index (χ0) is 10.3. The van der Waals surface area contributed by atoms with Crippen LogP contribution in [0.2, 0.25) is 0 Å². The van der Waals surface area contributed by atoms with Gasteiger partial charge in [-0.25, -0.2) is 4.79 Å². The number of hydrogen-bond donors (Lipinski definition) is 0. The third kappa shape index (κ3) is 9.14. The van der Waals surface area contributed by atoms with Gasteiger partial charge < -0.3 is 14.4 Å². The fourth-order valence-corrected chi connectivity index (χ4v) is 0.588. The number of likely N-dealkylation sites (N-methyl/N-ethyl adjacent to an activating group) is 1. The highest BCUT2D eigenvalue weighted by molar-refractivity contribution is 5.59. The van der Waals surface area contributed by atoms with Gasteiger partial charge in [-0.1, -0.05) is 13.8 Å². The Bertz CT molecular complexity index is 146. The molecule has 0 fully saturated rings. The van der Waals surface area contributed by atoms with Crippen molar-refractivity contribution in [3.63, 3.8) is 0 Å². The van der Waals surface area contributed by atoms with Crippen molar-refractivity contribution in [1.29, 1.82) is 0 Å². The van der Waals surface area contributed by atoms with Crippen molar-refractivity contribution >= 4 is 6.16 Å². The third-order valence-electron chi connectivity index (χ3n) is 1.29. The van der Waals surface area contributed by atoms with E-state index in [9.17, 15) is 4.79 Å². The summed E-state index contributed by atoms with van der Waals surface area (Å²) in [6, 6.07) is 0. The second-order valence-electron chi connectivity index (χ2n) is 3.61. The average molecular weight is 189 g/mol. The molecule has 0 radical (unpaired) electrons. The molecular weight excluding hydrogens is 170 g/mol. The molecule has 13 heavy (non-hydrogen) atoms. The Morgan fingerprint density at radius 1 is 1.31 bits per heavy atom. The molecule has 0 aromatic carbocycles. The molecule has 0 atom stereocenters. The minimum absolute atomic E-state index is 0.349. The number of nitrogens with zero attached hydrogens (tertiary/aromatic N) is 1. The van der Waals surface area contributed by atoms with Crippen LogP contribution in [-0.4, -0.2) is 44.9 Å². The van der Waals surface area contributed by atoms with Crippen molar-refractivity contribution in [2.24, 2.45) is 5.92 Å². The van der Waals surface area contributed by atoms with Crippen LogP contribution in [0, 0.1) is 5.92 Å². The Morgan fingerprint density at radius 2 is 1.92 bits per heavy atom. The first-order valence-corrected chi connectivity index (χ1v) is 4.46. The first-order chi connectivity index (χ1) is 6.02. The van der Waals surface area contributed by atoms with Crippen LogP contribution in [0.4, 0.5) is 4.79 Å². The van der Waals surface area contributed by atoms with E-state index >= 15 is 0 Å². The summed E-state index contributed by atoms with van der Waals surface area (Å²) in [6.45, 7) is 5.47. The molecule has 0 spiro atoms. The maximum absolute atomic E-state index is 10.9. The van der Waals surface area contributed by atoms with Crippen LogP contribution in [0.25, 0.3) is 0 Å². The molecule has 0 aliphatic heterocycles. The summed E-state index contributed by atoms with van der Waals surface area (Å²) < 4.78 is 9.61. The summed E-state index contributed by atoms with van der Waals surface area (Å²) in [7, 11) is 3.84. The summed E-state index contributed by atoms with van der Waals surface area (Å²) in [5.74, 6) is 0.349. The average Bonchev–Trinajstić information content (AvgIpc) is 2.00. The molecule has 78 valence electrons. The van der Waals surface area contributed by atoms with Crippen LogP contribution in [0.1, 0.15) is 13.8 Å². The van der Waals surface area contributed by atoms with E-state index in [1.165, 1.54) is 0 Å². The van der Waals surface area contributed by atoms with Gasteiger partial charge in [0.25, 0.3) is 0 Å². The topological polar surface area (TPSA) is 38.8 Å². The van der Waals surface area contributed by atoms with Crippen molar-refractivity contribution in [3.05, 3.63) is 0 Å². The summed E-state index contributed by atoms with van der Waals surface area (Å²) in [5, 5.41) is 0. The molecule has 0 aliphatic carbocycles. The monoisotopic (exact) mass is 189 g/mol. The first-order valence-electron chi connectivity index (χ1n) is 4.46. The van der Waals surface area contributed by atoms with E-state index < -0.39 is 6.16 Å². The van der Waals surface area contributed by atoms with Gasteiger partial charge in [0.05, 0.1) is 6.61 Å². The number of rotatable bonds is 5. The lowest BCUT2D eigenvalue weighted by molar-refractivity contribution is 0.0440. The lowest BCUT2D eigenvalue weighted by atomic mass is 10.2. The van der Waals surface area contributed by atoms with Gasteiger partial charge in [-0.15, -0.1) is 0 Å². The van der Waals surface area contributed by atoms with Gasteiger partial charge in [-0.3, -0.25) is 0 Å². The SMILES string of the molecule is CC(C)COC(=O)OCCN(C)C. The maximum atomic E-state index is 10.9. The molecule has 0 unspecified atom stereocenters. The summed E-state index contributed by atoms with van der Waals surface area (Å²) in [6.07, 6.45) is -0.574. The summed E-state index contributed by atoms with van der Waals surface area (Å²) in [4.78, 5) is 12.8. The zero-order valence-corrected chi connectivity index (χ0v) is 8.87. The van der Waals surface area contributed by atoms with E-state index in [4.69, 9.17) is 9.47 Å². The molecule has 0 aromatic heterocycles. The second-order valence-corrected chi connectivity index (χ2v) is 3.61. The highest BCUT2D eigenvalue weighted by atomic mass is 16.7. The quantitative estimate of drug-likeness (QED) is 0.612. The lowest BCUT2D eigenvalue weighted by Gasteiger charge is -2.10. The normalized spacial score (nSPS) is 10.6. The molecule has 0 N–H and O–H groups in total. The van der Waals surface area contributed by atoms with Gasteiger partial charge in [-0.2, -0.15) is 0 Å². The Balaban J connectivity index is 3.30. The summed E-state index contributed by atoms with van der Waals surface area (Å²) in [5.41, 5.74) is 0. The first kappa shape index (κ1) is 12.2. The van der Waals surface area contributed by atoms with Gasteiger partial charge in [0.2, 0.25) is 0 Å². The molecule has 0 bridgehead atoms. The van der Waals surface area contributed by atoms with Crippen molar-refractivity contribution < 1.29 is 14.3 Å². The Kier molecular flexibility index (Phi) is 6.32. The largest absolute Gasteiger partial charge is 0.508 e. The minimum Gasteiger partial charge on any atom is -0.434 e. The number of hydrogen-bond acceptors (Lipinski definition) is 4. The smallest absolute Gasteiger partial charge is 0.434 e. The van der Waals surface area contributed by atoms with Gasteiger partial charge in [0.15, 0.2) is 0 Å². The summed E-state index contributed by atoms with van der Waals surface area (Å²) >= 11 is 0.